The van der Waals surface area contributed by atoms with Crippen LogP contribution in [0.15, 0.2) is 124 Å². The molecule has 7 nitrogen and oxygen atoms in total. The number of aryl methyl sites for hydroxylation is 2. The first-order valence-electron chi connectivity index (χ1n) is 12.1. The highest BCUT2D eigenvalue weighted by Gasteiger charge is 2.40. The van der Waals surface area contributed by atoms with Gasteiger partial charge in [-0.05, 0) is 79.6 Å². The van der Waals surface area contributed by atoms with E-state index in [1.54, 1.807) is 66.7 Å². The quantitative estimate of drug-likeness (QED) is 0.255. The van der Waals surface area contributed by atoms with E-state index in [0.29, 0.717) is 22.0 Å². The minimum atomic E-state index is -3.79. The van der Waals surface area contributed by atoms with Gasteiger partial charge < -0.3 is 5.32 Å². The molecule has 0 bridgehead atoms. The van der Waals surface area contributed by atoms with Gasteiger partial charge in [-0.25, -0.2) is 13.3 Å². The van der Waals surface area contributed by atoms with E-state index in [-0.39, 0.29) is 15.5 Å². The Bertz CT molecular complexity index is 1700. The van der Waals surface area contributed by atoms with Crippen molar-refractivity contribution in [1.82, 2.24) is 0 Å². The van der Waals surface area contributed by atoms with Gasteiger partial charge in [-0.2, -0.15) is 0 Å². The Morgan fingerprint density at radius 2 is 1.38 bits per heavy atom. The summed E-state index contributed by atoms with van der Waals surface area (Å²) in [6, 6.07) is 29.3. The lowest BCUT2D eigenvalue weighted by atomic mass is 10.1. The van der Waals surface area contributed by atoms with Crippen LogP contribution in [0.4, 0.5) is 17.1 Å². The number of hydrogen-bond donors (Lipinski definition) is 2. The molecule has 5 rings (SSSR count). The lowest BCUT2D eigenvalue weighted by Gasteiger charge is -2.15. The molecule has 2 N–H and O–H groups in total. The van der Waals surface area contributed by atoms with Crippen LogP contribution in [-0.2, 0) is 19.6 Å². The summed E-state index contributed by atoms with van der Waals surface area (Å²) < 4.78 is 28.2. The number of nitrogens with zero attached hydrogens (tertiary/aromatic N) is 1. The van der Waals surface area contributed by atoms with Crippen molar-refractivity contribution in [2.24, 2.45) is 0 Å². The summed E-state index contributed by atoms with van der Waals surface area (Å²) in [5, 5.41) is 3.17. The van der Waals surface area contributed by atoms with Crippen molar-refractivity contribution in [3.05, 3.63) is 125 Å². The highest BCUT2D eigenvalue weighted by Crippen LogP contribution is 2.38. The van der Waals surface area contributed by atoms with Crippen molar-refractivity contribution >= 4 is 50.7 Å². The minimum Gasteiger partial charge on any atom is -0.350 e. The molecular formula is C30H25N3O4S2. The van der Waals surface area contributed by atoms with E-state index in [0.717, 1.165) is 27.8 Å². The monoisotopic (exact) mass is 555 g/mol. The largest absolute Gasteiger partial charge is 0.350 e. The van der Waals surface area contributed by atoms with Gasteiger partial charge in [0.2, 0.25) is 0 Å². The van der Waals surface area contributed by atoms with E-state index < -0.39 is 21.8 Å². The van der Waals surface area contributed by atoms with Gasteiger partial charge in [0.25, 0.3) is 21.8 Å². The Labute approximate surface area is 231 Å². The van der Waals surface area contributed by atoms with E-state index in [9.17, 15) is 18.0 Å². The molecule has 1 heterocycles. The molecule has 0 unspecified atom stereocenters. The van der Waals surface area contributed by atoms with Crippen LogP contribution in [0.1, 0.15) is 11.1 Å². The number of thioether (sulfide) groups is 1. The number of imide groups is 1. The van der Waals surface area contributed by atoms with Crippen LogP contribution in [0.5, 0.6) is 0 Å². The molecule has 0 radical (unpaired) electrons. The standard InChI is InChI=1S/C30H25N3O4S2/c1-20-16-17-22(18-21(20)2)31-27-28(30(35)33(29(27)34)24-11-5-3-6-12-24)38-25-13-9-10-23(19-25)32-39(36,37)26-14-7-4-8-15-26/h3-19,31-32H,1-2H3. The van der Waals surface area contributed by atoms with Gasteiger partial charge in [0.1, 0.15) is 10.6 Å². The second kappa shape index (κ2) is 10.8. The summed E-state index contributed by atoms with van der Waals surface area (Å²) in [5.74, 6) is -0.925. The van der Waals surface area contributed by atoms with E-state index in [1.807, 2.05) is 38.1 Å². The number of para-hydroxylation sites is 1. The van der Waals surface area contributed by atoms with E-state index in [2.05, 4.69) is 10.0 Å². The maximum atomic E-state index is 13.6. The van der Waals surface area contributed by atoms with Crippen molar-refractivity contribution in [2.45, 2.75) is 23.6 Å². The summed E-state index contributed by atoms with van der Waals surface area (Å²) in [4.78, 5) is 29.3. The highest BCUT2D eigenvalue weighted by atomic mass is 32.2. The lowest BCUT2D eigenvalue weighted by molar-refractivity contribution is -0.120. The second-order valence-electron chi connectivity index (χ2n) is 8.96. The van der Waals surface area contributed by atoms with Crippen molar-refractivity contribution in [2.75, 3.05) is 14.9 Å². The summed E-state index contributed by atoms with van der Waals surface area (Å²) in [6.45, 7) is 3.98. The number of nitrogens with one attached hydrogen (secondary N) is 2. The molecule has 4 aromatic carbocycles. The third-order valence-electron chi connectivity index (χ3n) is 6.19. The van der Waals surface area contributed by atoms with Crippen LogP contribution in [0, 0.1) is 13.8 Å². The molecule has 2 amide bonds. The smallest absolute Gasteiger partial charge is 0.283 e. The van der Waals surface area contributed by atoms with Crippen molar-refractivity contribution < 1.29 is 18.0 Å². The van der Waals surface area contributed by atoms with Gasteiger partial charge in [0.15, 0.2) is 0 Å². The molecule has 0 saturated carbocycles. The zero-order chi connectivity index (χ0) is 27.6. The zero-order valence-electron chi connectivity index (χ0n) is 21.2. The number of anilines is 3. The molecule has 1 aliphatic heterocycles. The molecule has 9 heteroatoms. The molecule has 0 spiro atoms. The molecule has 39 heavy (non-hydrogen) atoms. The summed E-state index contributed by atoms with van der Waals surface area (Å²) in [6.07, 6.45) is 0. The number of sulfonamides is 1. The van der Waals surface area contributed by atoms with Gasteiger partial charge in [-0.3, -0.25) is 14.3 Å². The maximum Gasteiger partial charge on any atom is 0.283 e. The van der Waals surface area contributed by atoms with Gasteiger partial charge in [0.05, 0.1) is 10.6 Å². The normalized spacial score (nSPS) is 13.6. The molecule has 0 atom stereocenters. The first-order valence-corrected chi connectivity index (χ1v) is 14.4. The van der Waals surface area contributed by atoms with Crippen LogP contribution in [-0.4, -0.2) is 20.2 Å². The number of carbonyl (C=O) groups is 2. The van der Waals surface area contributed by atoms with E-state index in [4.69, 9.17) is 0 Å². The fourth-order valence-electron chi connectivity index (χ4n) is 4.04. The van der Waals surface area contributed by atoms with Gasteiger partial charge in [0, 0.05) is 16.3 Å². The fraction of sp³-hybridized carbons (Fsp3) is 0.0667. The van der Waals surface area contributed by atoms with Gasteiger partial charge in [-0.15, -0.1) is 0 Å². The molecule has 1 aliphatic rings. The number of rotatable bonds is 8. The third kappa shape index (κ3) is 5.59. The Balaban J connectivity index is 1.49. The molecule has 4 aromatic rings. The average molecular weight is 556 g/mol. The Kier molecular flexibility index (Phi) is 7.28. The van der Waals surface area contributed by atoms with Crippen LogP contribution in [0.3, 0.4) is 0 Å². The highest BCUT2D eigenvalue weighted by molar-refractivity contribution is 8.04. The Morgan fingerprint density at radius 1 is 0.692 bits per heavy atom. The first-order chi connectivity index (χ1) is 18.7. The number of hydrogen-bond acceptors (Lipinski definition) is 6. The first kappa shape index (κ1) is 26.3. The average Bonchev–Trinajstić information content (AvgIpc) is 3.15. The Hall–Kier alpha value is -4.34. The van der Waals surface area contributed by atoms with E-state index >= 15 is 0 Å². The summed E-state index contributed by atoms with van der Waals surface area (Å²) in [5.41, 5.74) is 3.80. The van der Waals surface area contributed by atoms with Crippen molar-refractivity contribution in [3.8, 4) is 0 Å². The lowest BCUT2D eigenvalue weighted by Crippen LogP contribution is -2.32. The Morgan fingerprint density at radius 3 is 2.08 bits per heavy atom. The third-order valence-corrected chi connectivity index (χ3v) is 8.66. The van der Waals surface area contributed by atoms with Crippen LogP contribution in [0.25, 0.3) is 0 Å². The van der Waals surface area contributed by atoms with Crippen LogP contribution >= 0.6 is 11.8 Å². The predicted molar refractivity (Wildman–Crippen MR) is 155 cm³/mol. The molecule has 0 aromatic heterocycles. The van der Waals surface area contributed by atoms with Crippen LogP contribution in [0.2, 0.25) is 0 Å². The molecule has 0 fully saturated rings. The summed E-state index contributed by atoms with van der Waals surface area (Å²) in [7, 11) is -3.79. The van der Waals surface area contributed by atoms with E-state index in [1.165, 1.54) is 12.1 Å². The molecular weight excluding hydrogens is 530 g/mol. The minimum absolute atomic E-state index is 0.140. The number of carbonyl (C=O) groups excluding carboxylic acids is 2. The van der Waals surface area contributed by atoms with Crippen LogP contribution < -0.4 is 14.9 Å². The van der Waals surface area contributed by atoms with Crippen molar-refractivity contribution in [3.63, 3.8) is 0 Å². The SMILES string of the molecule is Cc1ccc(NC2=C(Sc3cccc(NS(=O)(=O)c4ccccc4)c3)C(=O)N(c3ccccc3)C2=O)cc1C. The zero-order valence-corrected chi connectivity index (χ0v) is 22.8. The van der Waals surface area contributed by atoms with Gasteiger partial charge in [-0.1, -0.05) is 60.3 Å². The maximum absolute atomic E-state index is 13.6. The van der Waals surface area contributed by atoms with Crippen molar-refractivity contribution in [1.29, 1.82) is 0 Å². The number of amides is 2. The molecule has 0 saturated heterocycles. The van der Waals surface area contributed by atoms with Gasteiger partial charge >= 0.3 is 0 Å². The molecule has 196 valence electrons. The second-order valence-corrected chi connectivity index (χ2v) is 11.7. The predicted octanol–water partition coefficient (Wildman–Crippen LogP) is 6.09. The summed E-state index contributed by atoms with van der Waals surface area (Å²) >= 11 is 1.10. The molecule has 0 aliphatic carbocycles. The fourth-order valence-corrected chi connectivity index (χ4v) is 6.10. The topological polar surface area (TPSA) is 95.6 Å². The number of benzene rings is 4.